The van der Waals surface area contributed by atoms with Gasteiger partial charge in [-0.15, -0.1) is 0 Å². The third-order valence-electron chi connectivity index (χ3n) is 2.50. The van der Waals surface area contributed by atoms with Crippen LogP contribution in [0, 0.1) is 11.6 Å². The topological polar surface area (TPSA) is 58.6 Å². The molecule has 1 amide bonds. The second-order valence-corrected chi connectivity index (χ2v) is 4.46. The zero-order chi connectivity index (χ0) is 16.8. The highest BCUT2D eigenvalue weighted by Crippen LogP contribution is 2.21. The van der Waals surface area contributed by atoms with Gasteiger partial charge in [-0.05, 0) is 12.1 Å². The molecule has 9 heteroatoms. The minimum Gasteiger partial charge on any atom is -0.491 e. The van der Waals surface area contributed by atoms with Gasteiger partial charge >= 0.3 is 6.18 Å². The van der Waals surface area contributed by atoms with Gasteiger partial charge in [0.1, 0.15) is 18.5 Å². The maximum Gasteiger partial charge on any atom is 0.389 e. The number of carbonyl (C=O) groups excluding carboxylic acids is 1. The molecule has 0 aliphatic heterocycles. The van der Waals surface area contributed by atoms with Crippen molar-refractivity contribution in [3.63, 3.8) is 0 Å². The van der Waals surface area contributed by atoms with Crippen molar-refractivity contribution in [3.05, 3.63) is 29.8 Å². The van der Waals surface area contributed by atoms with Gasteiger partial charge in [0.2, 0.25) is 5.91 Å². The number of alkyl halides is 3. The molecule has 0 aromatic heterocycles. The summed E-state index contributed by atoms with van der Waals surface area (Å²) in [5, 5.41) is 11.6. The van der Waals surface area contributed by atoms with Crippen molar-refractivity contribution >= 4 is 5.91 Å². The Kier molecular flexibility index (Phi) is 6.54. The highest BCUT2D eigenvalue weighted by atomic mass is 19.4. The Morgan fingerprint density at radius 1 is 1.27 bits per heavy atom. The molecule has 0 radical (unpaired) electrons. The van der Waals surface area contributed by atoms with E-state index < -0.39 is 42.7 Å². The Morgan fingerprint density at radius 2 is 1.95 bits per heavy atom. The van der Waals surface area contributed by atoms with Crippen LogP contribution in [-0.4, -0.2) is 36.4 Å². The molecule has 0 bridgehead atoms. The predicted molar refractivity (Wildman–Crippen MR) is 66.2 cm³/mol. The molecule has 1 rings (SSSR count). The first kappa shape index (κ1) is 18.1. The Labute approximate surface area is 122 Å². The van der Waals surface area contributed by atoms with Crippen LogP contribution in [0.2, 0.25) is 0 Å². The average Bonchev–Trinajstić information content (AvgIpc) is 2.43. The lowest BCUT2D eigenvalue weighted by atomic mass is 10.3. The van der Waals surface area contributed by atoms with E-state index in [4.69, 9.17) is 4.74 Å². The molecule has 4 nitrogen and oxygen atoms in total. The minimum atomic E-state index is -4.42. The summed E-state index contributed by atoms with van der Waals surface area (Å²) in [6, 6.07) is 2.77. The van der Waals surface area contributed by atoms with E-state index in [1.54, 1.807) is 0 Å². The molecule has 1 atom stereocenters. The number of halogens is 5. The summed E-state index contributed by atoms with van der Waals surface area (Å²) in [6.07, 6.45) is -7.62. The number of aliphatic hydroxyl groups is 1. The molecular formula is C13H14F5NO3. The van der Waals surface area contributed by atoms with E-state index in [0.717, 1.165) is 18.2 Å². The SMILES string of the molecule is O=C(CCC(F)(F)F)NCC(O)COc1ccc(F)c(F)c1. The van der Waals surface area contributed by atoms with E-state index >= 15 is 0 Å². The summed E-state index contributed by atoms with van der Waals surface area (Å²) >= 11 is 0. The first-order valence-corrected chi connectivity index (χ1v) is 6.27. The van der Waals surface area contributed by atoms with E-state index in [-0.39, 0.29) is 18.9 Å². The number of carbonyl (C=O) groups is 1. The van der Waals surface area contributed by atoms with Gasteiger partial charge in [0.25, 0.3) is 0 Å². The van der Waals surface area contributed by atoms with Crippen molar-refractivity contribution in [3.8, 4) is 5.75 Å². The van der Waals surface area contributed by atoms with Gasteiger partial charge < -0.3 is 15.2 Å². The molecule has 124 valence electrons. The van der Waals surface area contributed by atoms with Crippen LogP contribution >= 0.6 is 0 Å². The van der Waals surface area contributed by atoms with Crippen molar-refractivity contribution in [1.29, 1.82) is 0 Å². The molecule has 0 saturated heterocycles. The molecule has 0 heterocycles. The van der Waals surface area contributed by atoms with Crippen LogP contribution in [0.15, 0.2) is 18.2 Å². The quantitative estimate of drug-likeness (QED) is 0.755. The number of amides is 1. The number of hydrogen-bond donors (Lipinski definition) is 2. The number of benzene rings is 1. The smallest absolute Gasteiger partial charge is 0.389 e. The fourth-order valence-corrected chi connectivity index (χ4v) is 1.39. The van der Waals surface area contributed by atoms with Crippen LogP contribution in [0.3, 0.4) is 0 Å². The molecule has 0 spiro atoms. The van der Waals surface area contributed by atoms with Gasteiger partial charge in [0.15, 0.2) is 11.6 Å². The van der Waals surface area contributed by atoms with Crippen LogP contribution in [-0.2, 0) is 4.79 Å². The lowest BCUT2D eigenvalue weighted by Crippen LogP contribution is -2.35. The van der Waals surface area contributed by atoms with Crippen molar-refractivity contribution in [2.75, 3.05) is 13.2 Å². The standard InChI is InChI=1S/C13H14F5NO3/c14-10-2-1-9(5-11(10)15)22-7-8(20)6-19-12(21)3-4-13(16,17)18/h1-2,5,8,20H,3-4,6-7H2,(H,19,21). The number of rotatable bonds is 7. The molecule has 2 N–H and O–H groups in total. The monoisotopic (exact) mass is 327 g/mol. The van der Waals surface area contributed by atoms with E-state index in [1.165, 1.54) is 0 Å². The number of nitrogens with one attached hydrogen (secondary N) is 1. The van der Waals surface area contributed by atoms with Crippen LogP contribution in [0.4, 0.5) is 22.0 Å². The van der Waals surface area contributed by atoms with Gasteiger partial charge in [-0.1, -0.05) is 0 Å². The van der Waals surface area contributed by atoms with Crippen LogP contribution in [0.25, 0.3) is 0 Å². The molecule has 0 aliphatic carbocycles. The number of ether oxygens (including phenoxy) is 1. The average molecular weight is 327 g/mol. The summed E-state index contributed by atoms with van der Waals surface area (Å²) < 4.78 is 66.1. The third kappa shape index (κ3) is 7.21. The zero-order valence-corrected chi connectivity index (χ0v) is 11.3. The van der Waals surface area contributed by atoms with E-state index in [0.29, 0.717) is 0 Å². The molecule has 0 saturated carbocycles. The maximum atomic E-state index is 12.9. The van der Waals surface area contributed by atoms with Crippen molar-refractivity contribution < 1.29 is 36.6 Å². The first-order valence-electron chi connectivity index (χ1n) is 6.27. The van der Waals surface area contributed by atoms with E-state index in [2.05, 4.69) is 5.32 Å². The summed E-state index contributed by atoms with van der Waals surface area (Å²) in [5.74, 6) is -3.05. The molecule has 1 unspecified atom stereocenters. The molecule has 1 aromatic carbocycles. The van der Waals surface area contributed by atoms with Gasteiger partial charge in [0.05, 0.1) is 6.42 Å². The fraction of sp³-hybridized carbons (Fsp3) is 0.462. The highest BCUT2D eigenvalue weighted by molar-refractivity contribution is 5.75. The van der Waals surface area contributed by atoms with Crippen molar-refractivity contribution in [2.24, 2.45) is 0 Å². The lowest BCUT2D eigenvalue weighted by Gasteiger charge is -2.13. The maximum absolute atomic E-state index is 12.9. The Morgan fingerprint density at radius 3 is 2.55 bits per heavy atom. The first-order chi connectivity index (χ1) is 10.2. The molecule has 22 heavy (non-hydrogen) atoms. The highest BCUT2D eigenvalue weighted by Gasteiger charge is 2.27. The minimum absolute atomic E-state index is 0.0265. The fourth-order valence-electron chi connectivity index (χ4n) is 1.39. The summed E-state index contributed by atoms with van der Waals surface area (Å²) in [5.41, 5.74) is 0. The molecule has 0 fully saturated rings. The Balaban J connectivity index is 2.27. The normalized spacial score (nSPS) is 12.8. The second-order valence-electron chi connectivity index (χ2n) is 4.46. The lowest BCUT2D eigenvalue weighted by molar-refractivity contribution is -0.144. The van der Waals surface area contributed by atoms with Crippen LogP contribution in [0.5, 0.6) is 5.75 Å². The Hall–Kier alpha value is -1.90. The van der Waals surface area contributed by atoms with E-state index in [9.17, 15) is 31.9 Å². The predicted octanol–water partition coefficient (Wildman–Crippen LogP) is 2.16. The summed E-state index contributed by atoms with van der Waals surface area (Å²) in [4.78, 5) is 11.1. The van der Waals surface area contributed by atoms with Crippen molar-refractivity contribution in [2.45, 2.75) is 25.1 Å². The van der Waals surface area contributed by atoms with Crippen LogP contribution < -0.4 is 10.1 Å². The molecule has 1 aromatic rings. The molecular weight excluding hydrogens is 313 g/mol. The molecule has 0 aliphatic rings. The number of hydrogen-bond acceptors (Lipinski definition) is 3. The largest absolute Gasteiger partial charge is 0.491 e. The zero-order valence-electron chi connectivity index (χ0n) is 11.3. The van der Waals surface area contributed by atoms with Gasteiger partial charge in [-0.25, -0.2) is 8.78 Å². The van der Waals surface area contributed by atoms with Gasteiger partial charge in [-0.2, -0.15) is 13.2 Å². The van der Waals surface area contributed by atoms with Crippen molar-refractivity contribution in [1.82, 2.24) is 5.32 Å². The van der Waals surface area contributed by atoms with E-state index in [1.807, 2.05) is 0 Å². The van der Waals surface area contributed by atoms with Gasteiger partial charge in [-0.3, -0.25) is 4.79 Å². The van der Waals surface area contributed by atoms with Crippen LogP contribution in [0.1, 0.15) is 12.8 Å². The number of aliphatic hydroxyl groups excluding tert-OH is 1. The second kappa shape index (κ2) is 7.92. The summed E-state index contributed by atoms with van der Waals surface area (Å²) in [6.45, 7) is -0.662. The Bertz CT molecular complexity index is 507. The van der Waals surface area contributed by atoms with Gasteiger partial charge in [0, 0.05) is 19.0 Å². The summed E-state index contributed by atoms with van der Waals surface area (Å²) in [7, 11) is 0. The third-order valence-corrected chi connectivity index (χ3v) is 2.50.